The smallest absolute Gasteiger partial charge is 0.242 e. The van der Waals surface area contributed by atoms with Crippen LogP contribution in [0.1, 0.15) is 48.8 Å². The summed E-state index contributed by atoms with van der Waals surface area (Å²) < 4.78 is 2.04. The number of aromatic nitrogens is 3. The Labute approximate surface area is 182 Å². The highest BCUT2D eigenvalue weighted by atomic mass is 32.2. The molecule has 0 saturated heterocycles. The number of imidazole rings is 1. The summed E-state index contributed by atoms with van der Waals surface area (Å²) in [6.45, 7) is 4.57. The van der Waals surface area contributed by atoms with Gasteiger partial charge in [-0.25, -0.2) is 4.98 Å². The van der Waals surface area contributed by atoms with Crippen LogP contribution in [0.25, 0.3) is 11.0 Å². The second-order valence-electron chi connectivity index (χ2n) is 8.36. The molecule has 2 aromatic heterocycles. The first-order valence-corrected chi connectivity index (χ1v) is 11.8. The van der Waals surface area contributed by atoms with Gasteiger partial charge in [-0.05, 0) is 43.9 Å². The van der Waals surface area contributed by atoms with Crippen LogP contribution in [-0.4, -0.2) is 38.4 Å². The van der Waals surface area contributed by atoms with Crippen molar-refractivity contribution in [3.8, 4) is 0 Å². The number of fused-ring (bicyclic) bond motifs is 1. The van der Waals surface area contributed by atoms with E-state index in [0.29, 0.717) is 12.6 Å². The number of amides is 1. The van der Waals surface area contributed by atoms with Gasteiger partial charge in [0.25, 0.3) is 0 Å². The minimum absolute atomic E-state index is 0.152. The number of carbonyl (C=O) groups is 1. The molecule has 0 N–H and O–H groups in total. The van der Waals surface area contributed by atoms with E-state index in [1.807, 2.05) is 28.8 Å². The van der Waals surface area contributed by atoms with Crippen molar-refractivity contribution < 1.29 is 4.79 Å². The van der Waals surface area contributed by atoms with Gasteiger partial charge in [-0.2, -0.15) is 0 Å². The van der Waals surface area contributed by atoms with E-state index >= 15 is 0 Å². The molecule has 0 aliphatic heterocycles. The summed E-state index contributed by atoms with van der Waals surface area (Å²) in [6, 6.07) is 8.83. The van der Waals surface area contributed by atoms with Gasteiger partial charge in [-0.15, -0.1) is 0 Å². The van der Waals surface area contributed by atoms with Crippen LogP contribution in [0.3, 0.4) is 0 Å². The first-order valence-electron chi connectivity index (χ1n) is 10.8. The lowest BCUT2D eigenvalue weighted by Gasteiger charge is -2.31. The summed E-state index contributed by atoms with van der Waals surface area (Å²) in [6.07, 6.45) is 9.53. The largest absolute Gasteiger partial charge is 0.341 e. The number of thioether (sulfide) groups is 1. The second kappa shape index (κ2) is 9.21. The molecule has 0 atom stereocenters. The van der Waals surface area contributed by atoms with Gasteiger partial charge >= 0.3 is 0 Å². The molecule has 1 aliphatic carbocycles. The van der Waals surface area contributed by atoms with E-state index in [1.165, 1.54) is 36.0 Å². The Morgan fingerprint density at radius 2 is 2.00 bits per heavy atom. The Hall–Kier alpha value is -2.34. The summed E-state index contributed by atoms with van der Waals surface area (Å²) in [5, 5.41) is 0.879. The van der Waals surface area contributed by atoms with E-state index in [1.54, 1.807) is 18.0 Å². The molecule has 0 bridgehead atoms. The summed E-state index contributed by atoms with van der Waals surface area (Å²) in [7, 11) is 1.96. The maximum atomic E-state index is 13.1. The van der Waals surface area contributed by atoms with Gasteiger partial charge in [-0.3, -0.25) is 9.78 Å². The molecular formula is C24H30N4OS. The minimum Gasteiger partial charge on any atom is -0.341 e. The van der Waals surface area contributed by atoms with Crippen LogP contribution in [-0.2, 0) is 17.1 Å². The molecule has 1 saturated carbocycles. The molecule has 2 heterocycles. The van der Waals surface area contributed by atoms with Gasteiger partial charge in [0.15, 0.2) is 5.16 Å². The van der Waals surface area contributed by atoms with Crippen LogP contribution in [0, 0.1) is 13.8 Å². The average Bonchev–Trinajstić information content (AvgIpc) is 3.11. The van der Waals surface area contributed by atoms with E-state index in [9.17, 15) is 4.79 Å². The van der Waals surface area contributed by atoms with Crippen LogP contribution in [0.15, 0.2) is 41.8 Å². The van der Waals surface area contributed by atoms with Crippen LogP contribution < -0.4 is 0 Å². The summed E-state index contributed by atoms with van der Waals surface area (Å²) in [4.78, 5) is 24.2. The van der Waals surface area contributed by atoms with Crippen molar-refractivity contribution in [2.45, 2.75) is 69.4 Å². The highest BCUT2D eigenvalue weighted by Gasteiger charge is 2.24. The number of pyridine rings is 1. The monoisotopic (exact) mass is 422 g/mol. The molecule has 0 radical (unpaired) electrons. The maximum absolute atomic E-state index is 13.1. The SMILES string of the molecule is Cc1ccc(C)c(CSc2nc3ccncc3n2CC(=O)N(C)C2CCCCC2)c1. The molecule has 3 aromatic rings. The zero-order valence-electron chi connectivity index (χ0n) is 18.1. The van der Waals surface area contributed by atoms with Gasteiger partial charge in [0.1, 0.15) is 6.54 Å². The lowest BCUT2D eigenvalue weighted by molar-refractivity contribution is -0.133. The normalized spacial score (nSPS) is 14.9. The fraction of sp³-hybridized carbons (Fsp3) is 0.458. The van der Waals surface area contributed by atoms with Gasteiger partial charge in [-0.1, -0.05) is 54.8 Å². The highest BCUT2D eigenvalue weighted by Crippen LogP contribution is 2.28. The summed E-state index contributed by atoms with van der Waals surface area (Å²) in [5.74, 6) is 0.982. The van der Waals surface area contributed by atoms with E-state index in [4.69, 9.17) is 4.98 Å². The Bertz CT molecular complexity index is 1040. The van der Waals surface area contributed by atoms with E-state index in [-0.39, 0.29) is 5.91 Å². The third-order valence-corrected chi connectivity index (χ3v) is 7.21. The van der Waals surface area contributed by atoms with Crippen LogP contribution in [0.2, 0.25) is 0 Å². The zero-order chi connectivity index (χ0) is 21.1. The molecular weight excluding hydrogens is 392 g/mol. The molecule has 158 valence electrons. The molecule has 6 heteroatoms. The fourth-order valence-electron chi connectivity index (χ4n) is 4.23. The number of rotatable bonds is 6. The van der Waals surface area contributed by atoms with Crippen molar-refractivity contribution in [2.24, 2.45) is 0 Å². The molecule has 1 fully saturated rings. The van der Waals surface area contributed by atoms with Crippen LogP contribution >= 0.6 is 11.8 Å². The van der Waals surface area contributed by atoms with Crippen molar-refractivity contribution in [1.29, 1.82) is 0 Å². The summed E-state index contributed by atoms with van der Waals surface area (Å²) >= 11 is 1.69. The predicted octanol–water partition coefficient (Wildman–Crippen LogP) is 5.13. The highest BCUT2D eigenvalue weighted by molar-refractivity contribution is 7.98. The third-order valence-electron chi connectivity index (χ3n) is 6.19. The molecule has 1 aliphatic rings. The maximum Gasteiger partial charge on any atom is 0.242 e. The number of hydrogen-bond acceptors (Lipinski definition) is 4. The third kappa shape index (κ3) is 4.53. The number of likely N-dealkylation sites (N-methyl/N-ethyl adjacent to an activating group) is 1. The van der Waals surface area contributed by atoms with Crippen molar-refractivity contribution in [2.75, 3.05) is 7.05 Å². The first-order chi connectivity index (χ1) is 14.5. The van der Waals surface area contributed by atoms with E-state index in [2.05, 4.69) is 37.0 Å². The number of aryl methyl sites for hydroxylation is 2. The number of benzene rings is 1. The Kier molecular flexibility index (Phi) is 6.42. The van der Waals surface area contributed by atoms with Gasteiger partial charge in [0.2, 0.25) is 5.91 Å². The Balaban J connectivity index is 1.57. The van der Waals surface area contributed by atoms with Gasteiger partial charge in [0, 0.05) is 25.0 Å². The molecule has 1 amide bonds. The number of hydrogen-bond donors (Lipinski definition) is 0. The number of carbonyl (C=O) groups excluding carboxylic acids is 1. The van der Waals surface area contributed by atoms with Crippen LogP contribution in [0.4, 0.5) is 0 Å². The van der Waals surface area contributed by atoms with E-state index < -0.39 is 0 Å². The summed E-state index contributed by atoms with van der Waals surface area (Å²) in [5.41, 5.74) is 5.67. The second-order valence-corrected chi connectivity index (χ2v) is 9.30. The zero-order valence-corrected chi connectivity index (χ0v) is 18.9. The molecule has 5 nitrogen and oxygen atoms in total. The van der Waals surface area contributed by atoms with Crippen molar-refractivity contribution in [1.82, 2.24) is 19.4 Å². The molecule has 1 aromatic carbocycles. The van der Waals surface area contributed by atoms with Crippen molar-refractivity contribution in [3.63, 3.8) is 0 Å². The van der Waals surface area contributed by atoms with E-state index in [0.717, 1.165) is 34.8 Å². The predicted molar refractivity (Wildman–Crippen MR) is 123 cm³/mol. The molecule has 30 heavy (non-hydrogen) atoms. The molecule has 4 rings (SSSR count). The number of nitrogens with zero attached hydrogens (tertiary/aromatic N) is 4. The Morgan fingerprint density at radius 3 is 2.80 bits per heavy atom. The van der Waals surface area contributed by atoms with Gasteiger partial charge < -0.3 is 9.47 Å². The minimum atomic E-state index is 0.152. The van der Waals surface area contributed by atoms with Crippen LogP contribution in [0.5, 0.6) is 0 Å². The molecule has 0 spiro atoms. The van der Waals surface area contributed by atoms with Crippen molar-refractivity contribution in [3.05, 3.63) is 53.3 Å². The lowest BCUT2D eigenvalue weighted by atomic mass is 9.94. The quantitative estimate of drug-likeness (QED) is 0.517. The standard InChI is InChI=1S/C24H30N4OS/c1-17-9-10-18(2)19(13-17)16-30-24-26-21-11-12-25-14-22(21)28(24)15-23(29)27(3)20-7-5-4-6-8-20/h9-14,20H,4-8,15-16H2,1-3H3. The Morgan fingerprint density at radius 1 is 1.20 bits per heavy atom. The first kappa shape index (κ1) is 20.9. The molecule has 0 unspecified atom stereocenters. The van der Waals surface area contributed by atoms with Crippen molar-refractivity contribution >= 4 is 28.7 Å². The topological polar surface area (TPSA) is 51.0 Å². The average molecular weight is 423 g/mol. The fourth-order valence-corrected chi connectivity index (χ4v) is 5.30. The lowest BCUT2D eigenvalue weighted by Crippen LogP contribution is -2.40. The van der Waals surface area contributed by atoms with Gasteiger partial charge in [0.05, 0.1) is 17.2 Å².